The fourth-order valence-corrected chi connectivity index (χ4v) is 2.23. The first kappa shape index (κ1) is 14.7. The molecule has 1 saturated heterocycles. The van der Waals surface area contributed by atoms with E-state index in [-0.39, 0.29) is 5.91 Å². The van der Waals surface area contributed by atoms with Gasteiger partial charge in [0.2, 0.25) is 5.95 Å². The largest absolute Gasteiger partial charge is 0.354 e. The molecule has 20 heavy (non-hydrogen) atoms. The number of likely N-dealkylation sites (N-methyl/N-ethyl adjacent to an activating group) is 1. The molecule has 1 fully saturated rings. The van der Waals surface area contributed by atoms with Gasteiger partial charge in [-0.25, -0.2) is 9.97 Å². The van der Waals surface area contributed by atoms with Crippen molar-refractivity contribution in [3.8, 4) is 0 Å². The normalized spacial score (nSPS) is 16.2. The number of carbonyl (C=O) groups excluding carboxylic acids is 1. The lowest BCUT2D eigenvalue weighted by molar-refractivity contribution is 0.0637. The first-order valence-electron chi connectivity index (χ1n) is 7.33. The number of carbonyl (C=O) groups is 1. The molecule has 0 unspecified atom stereocenters. The van der Waals surface area contributed by atoms with Crippen molar-refractivity contribution < 1.29 is 4.79 Å². The van der Waals surface area contributed by atoms with Crippen LogP contribution in [0.4, 0.5) is 5.95 Å². The molecule has 0 bridgehead atoms. The Labute approximate surface area is 120 Å². The lowest BCUT2D eigenvalue weighted by atomic mass is 10.2. The number of piperazine rings is 1. The van der Waals surface area contributed by atoms with Crippen molar-refractivity contribution in [3.05, 3.63) is 18.0 Å². The minimum atomic E-state index is 0.00250. The highest BCUT2D eigenvalue weighted by atomic mass is 16.2. The summed E-state index contributed by atoms with van der Waals surface area (Å²) in [5, 5.41) is 3.11. The Bertz CT molecular complexity index is 443. The molecule has 1 aliphatic heterocycles. The van der Waals surface area contributed by atoms with Crippen LogP contribution in [0, 0.1) is 0 Å². The number of hydrogen-bond donors (Lipinski definition) is 1. The van der Waals surface area contributed by atoms with E-state index >= 15 is 0 Å². The van der Waals surface area contributed by atoms with E-state index in [2.05, 4.69) is 34.0 Å². The number of nitrogens with zero attached hydrogens (tertiary/aromatic N) is 4. The van der Waals surface area contributed by atoms with E-state index in [0.29, 0.717) is 11.6 Å². The molecule has 0 saturated carbocycles. The topological polar surface area (TPSA) is 61.4 Å². The van der Waals surface area contributed by atoms with E-state index in [9.17, 15) is 4.79 Å². The molecule has 1 N–H and O–H groups in total. The summed E-state index contributed by atoms with van der Waals surface area (Å²) >= 11 is 0. The number of hydrogen-bond acceptors (Lipinski definition) is 5. The van der Waals surface area contributed by atoms with Crippen LogP contribution >= 0.6 is 0 Å². The Morgan fingerprint density at radius 3 is 2.70 bits per heavy atom. The maximum atomic E-state index is 12.4. The highest BCUT2D eigenvalue weighted by Crippen LogP contribution is 2.08. The predicted molar refractivity (Wildman–Crippen MR) is 78.8 cm³/mol. The molecule has 2 heterocycles. The maximum absolute atomic E-state index is 12.4. The second-order valence-electron chi connectivity index (χ2n) is 4.92. The van der Waals surface area contributed by atoms with E-state index < -0.39 is 0 Å². The van der Waals surface area contributed by atoms with Gasteiger partial charge in [-0.2, -0.15) is 0 Å². The summed E-state index contributed by atoms with van der Waals surface area (Å²) in [6.45, 7) is 9.50. The van der Waals surface area contributed by atoms with Crippen molar-refractivity contribution in [2.24, 2.45) is 0 Å². The molecule has 0 spiro atoms. The molecule has 110 valence electrons. The molecule has 6 heteroatoms. The number of nitrogens with one attached hydrogen (secondary N) is 1. The summed E-state index contributed by atoms with van der Waals surface area (Å²) in [5.41, 5.74) is 0.476. The van der Waals surface area contributed by atoms with Gasteiger partial charge >= 0.3 is 0 Å². The van der Waals surface area contributed by atoms with Gasteiger partial charge in [0.15, 0.2) is 0 Å². The zero-order chi connectivity index (χ0) is 14.4. The van der Waals surface area contributed by atoms with E-state index in [1.807, 2.05) is 4.90 Å². The van der Waals surface area contributed by atoms with Crippen molar-refractivity contribution in [2.75, 3.05) is 44.6 Å². The van der Waals surface area contributed by atoms with Crippen LogP contribution in [0.2, 0.25) is 0 Å². The minimum Gasteiger partial charge on any atom is -0.354 e. The van der Waals surface area contributed by atoms with Gasteiger partial charge in [0.1, 0.15) is 5.69 Å². The summed E-state index contributed by atoms with van der Waals surface area (Å²) in [7, 11) is 0. The van der Waals surface area contributed by atoms with E-state index in [1.165, 1.54) is 0 Å². The van der Waals surface area contributed by atoms with Crippen LogP contribution in [0.1, 0.15) is 30.8 Å². The molecule has 6 nitrogen and oxygen atoms in total. The van der Waals surface area contributed by atoms with E-state index in [0.717, 1.165) is 45.7 Å². The summed E-state index contributed by atoms with van der Waals surface area (Å²) in [6, 6.07) is 1.69. The molecule has 1 aliphatic rings. The fourth-order valence-electron chi connectivity index (χ4n) is 2.23. The zero-order valence-electron chi connectivity index (χ0n) is 12.3. The van der Waals surface area contributed by atoms with Gasteiger partial charge in [-0.05, 0) is 19.0 Å². The summed E-state index contributed by atoms with van der Waals surface area (Å²) in [5.74, 6) is 0.535. The SMILES string of the molecule is CCCNc1nccc(C(=O)N2CCN(CC)CC2)n1. The Morgan fingerprint density at radius 1 is 1.30 bits per heavy atom. The van der Waals surface area contributed by atoms with Crippen LogP contribution in [-0.4, -0.2) is 64.9 Å². The van der Waals surface area contributed by atoms with Crippen LogP contribution in [-0.2, 0) is 0 Å². The second kappa shape index (κ2) is 7.19. The van der Waals surface area contributed by atoms with Crippen molar-refractivity contribution >= 4 is 11.9 Å². The standard InChI is InChI=1S/C14H23N5O/c1-3-6-15-14-16-7-5-12(17-14)13(20)19-10-8-18(4-2)9-11-19/h5,7H,3-4,6,8-11H2,1-2H3,(H,15,16,17). The third-order valence-corrected chi connectivity index (χ3v) is 3.51. The first-order valence-corrected chi connectivity index (χ1v) is 7.33. The molecule has 0 atom stereocenters. The van der Waals surface area contributed by atoms with E-state index in [4.69, 9.17) is 0 Å². The molecule has 0 radical (unpaired) electrons. The van der Waals surface area contributed by atoms with E-state index in [1.54, 1.807) is 12.3 Å². The van der Waals surface area contributed by atoms with Gasteiger partial charge in [-0.3, -0.25) is 4.79 Å². The lowest BCUT2D eigenvalue weighted by Crippen LogP contribution is -2.48. The number of rotatable bonds is 5. The number of amides is 1. The number of anilines is 1. The van der Waals surface area contributed by atoms with Crippen LogP contribution in [0.3, 0.4) is 0 Å². The van der Waals surface area contributed by atoms with Crippen LogP contribution in [0.5, 0.6) is 0 Å². The Kier molecular flexibility index (Phi) is 5.29. The van der Waals surface area contributed by atoms with Crippen molar-refractivity contribution in [2.45, 2.75) is 20.3 Å². The van der Waals surface area contributed by atoms with Gasteiger partial charge in [0.25, 0.3) is 5.91 Å². The van der Waals surface area contributed by atoms with Gasteiger partial charge in [-0.1, -0.05) is 13.8 Å². The Balaban J connectivity index is 1.98. The van der Waals surface area contributed by atoms with Gasteiger partial charge in [0, 0.05) is 38.9 Å². The first-order chi connectivity index (χ1) is 9.74. The quantitative estimate of drug-likeness (QED) is 0.872. The molecular weight excluding hydrogens is 254 g/mol. The molecule has 0 aromatic carbocycles. The van der Waals surface area contributed by atoms with Gasteiger partial charge in [0.05, 0.1) is 0 Å². The molecule has 1 aromatic heterocycles. The third-order valence-electron chi connectivity index (χ3n) is 3.51. The average molecular weight is 277 g/mol. The van der Waals surface area contributed by atoms with Crippen LogP contribution < -0.4 is 5.32 Å². The minimum absolute atomic E-state index is 0.00250. The predicted octanol–water partition coefficient (Wildman–Crippen LogP) is 1.08. The average Bonchev–Trinajstić information content (AvgIpc) is 2.52. The second-order valence-corrected chi connectivity index (χ2v) is 4.92. The highest BCUT2D eigenvalue weighted by molar-refractivity contribution is 5.92. The lowest BCUT2D eigenvalue weighted by Gasteiger charge is -2.33. The highest BCUT2D eigenvalue weighted by Gasteiger charge is 2.22. The molecule has 0 aliphatic carbocycles. The monoisotopic (exact) mass is 277 g/mol. The zero-order valence-corrected chi connectivity index (χ0v) is 12.3. The Morgan fingerprint density at radius 2 is 2.05 bits per heavy atom. The maximum Gasteiger partial charge on any atom is 0.272 e. The summed E-state index contributed by atoms with van der Waals surface area (Å²) in [4.78, 5) is 25.1. The molecule has 1 aromatic rings. The Hall–Kier alpha value is -1.69. The number of aromatic nitrogens is 2. The van der Waals surface area contributed by atoms with Crippen LogP contribution in [0.25, 0.3) is 0 Å². The smallest absolute Gasteiger partial charge is 0.272 e. The fraction of sp³-hybridized carbons (Fsp3) is 0.643. The van der Waals surface area contributed by atoms with Crippen LogP contribution in [0.15, 0.2) is 12.3 Å². The summed E-state index contributed by atoms with van der Waals surface area (Å²) < 4.78 is 0. The summed E-state index contributed by atoms with van der Waals surface area (Å²) in [6.07, 6.45) is 2.64. The molecule has 1 amide bonds. The van der Waals surface area contributed by atoms with Gasteiger partial charge in [-0.15, -0.1) is 0 Å². The third kappa shape index (κ3) is 3.66. The van der Waals surface area contributed by atoms with Crippen molar-refractivity contribution in [1.82, 2.24) is 19.8 Å². The molecular formula is C14H23N5O. The van der Waals surface area contributed by atoms with Crippen molar-refractivity contribution in [3.63, 3.8) is 0 Å². The van der Waals surface area contributed by atoms with Crippen molar-refractivity contribution in [1.29, 1.82) is 0 Å². The van der Waals surface area contributed by atoms with Gasteiger partial charge < -0.3 is 15.1 Å². The molecule has 2 rings (SSSR count).